The average molecular weight is 247 g/mol. The molecule has 0 radical (unpaired) electrons. The molecule has 0 aliphatic rings. The Hall–Kier alpha value is 2.81. The molecule has 0 rings (SSSR count). The van der Waals surface area contributed by atoms with Crippen LogP contribution in [0.4, 0.5) is 0 Å². The van der Waals surface area contributed by atoms with Crippen LogP contribution < -0.4 is 0 Å². The van der Waals surface area contributed by atoms with Gasteiger partial charge in [0.1, 0.15) is 0 Å². The maximum Gasteiger partial charge on any atom is 0.316 e. The van der Waals surface area contributed by atoms with E-state index in [1.165, 1.54) is 0 Å². The van der Waals surface area contributed by atoms with Gasteiger partial charge in [0.25, 0.3) is 0 Å². The summed E-state index contributed by atoms with van der Waals surface area (Å²) in [5.74, 6) is 0. The van der Waals surface area contributed by atoms with Gasteiger partial charge in [-0.1, -0.05) is 0 Å². The van der Waals surface area contributed by atoms with Gasteiger partial charge in [-0.15, -0.1) is 0 Å². The van der Waals surface area contributed by atoms with Gasteiger partial charge in [-0.3, -0.25) is 0 Å². The first kappa shape index (κ1) is 29.1. The van der Waals surface area contributed by atoms with Crippen molar-refractivity contribution in [3.8, 4) is 0 Å². The van der Waals surface area contributed by atoms with Crippen LogP contribution in [0, 0.1) is 0 Å². The van der Waals surface area contributed by atoms with E-state index in [1.807, 2.05) is 0 Å². The number of hydrogen-bond donors (Lipinski definition) is 0. The van der Waals surface area contributed by atoms with Crippen molar-refractivity contribution >= 4 is 86.0 Å². The van der Waals surface area contributed by atoms with Crippen LogP contribution in [0.3, 0.4) is 0 Å². The van der Waals surface area contributed by atoms with Crippen LogP contribution in [-0.2, 0) is 0 Å². The summed E-state index contributed by atoms with van der Waals surface area (Å²) in [6, 6.07) is 0. The Morgan fingerprint density at radius 3 is 1.00 bits per heavy atom. The molecule has 0 spiro atoms. The third-order valence-corrected chi connectivity index (χ3v) is 0. The zero-order valence-corrected chi connectivity index (χ0v) is 0. The summed E-state index contributed by atoms with van der Waals surface area (Å²) in [4.78, 5) is 0. The van der Waals surface area contributed by atoms with Gasteiger partial charge in [-0.05, 0) is 0 Å². The molecule has 0 aromatic rings. The number of rotatable bonds is 0. The summed E-state index contributed by atoms with van der Waals surface area (Å²) < 4.78 is 0. The molecular formula is H11AlGaInMg. The molecule has 0 aliphatic carbocycles. The first-order chi connectivity index (χ1) is 0. The molecule has 0 bridgehead atoms. The Morgan fingerprint density at radius 1 is 1.00 bits per heavy atom. The summed E-state index contributed by atoms with van der Waals surface area (Å²) >= 11 is 0. The van der Waals surface area contributed by atoms with Crippen LogP contribution in [-0.4, -0.2) is 86.0 Å². The zero-order valence-electron chi connectivity index (χ0n) is 0. The summed E-state index contributed by atoms with van der Waals surface area (Å²) in [5.41, 5.74) is 0. The first-order valence-electron chi connectivity index (χ1n) is 0. The average Bonchev–Trinajstić information content (AvgIpc) is 0. The molecule has 0 heterocycles. The van der Waals surface area contributed by atoms with Crippen molar-refractivity contribution in [3.05, 3.63) is 0 Å². The van der Waals surface area contributed by atoms with Crippen molar-refractivity contribution in [2.45, 2.75) is 0 Å². The van der Waals surface area contributed by atoms with E-state index in [4.69, 9.17) is 0 Å². The fraction of sp³-hybridized carbons (Fsp3) is 0. The van der Waals surface area contributed by atoms with Gasteiger partial charge >= 0.3 is 68.7 Å². The molecule has 0 N–H and O–H groups in total. The van der Waals surface area contributed by atoms with E-state index in [9.17, 15) is 0 Å². The summed E-state index contributed by atoms with van der Waals surface area (Å²) in [6.07, 6.45) is 0. The van der Waals surface area contributed by atoms with Gasteiger partial charge in [0.05, 0.1) is 0 Å². The third-order valence-electron chi connectivity index (χ3n) is 0. The molecule has 0 aromatic carbocycles. The van der Waals surface area contributed by atoms with Gasteiger partial charge in [-0.25, -0.2) is 0 Å². The summed E-state index contributed by atoms with van der Waals surface area (Å²) in [7, 11) is 0. The maximum atomic E-state index is 0. The van der Waals surface area contributed by atoms with E-state index in [0.717, 1.165) is 0 Å². The van der Waals surface area contributed by atoms with E-state index < -0.39 is 0 Å². The van der Waals surface area contributed by atoms with Crippen molar-refractivity contribution in [2.24, 2.45) is 0 Å². The Bertz CT molecular complexity index is 8.00. The quantitative estimate of drug-likeness (QED) is 0.379. The monoisotopic (exact) mass is 246 g/mol. The van der Waals surface area contributed by atoms with Crippen LogP contribution in [0.1, 0.15) is 0 Å². The van der Waals surface area contributed by atoms with Crippen LogP contribution in [0.25, 0.3) is 0 Å². The normalized spacial score (nSPS) is 0. The van der Waals surface area contributed by atoms with Crippen LogP contribution in [0.5, 0.6) is 0 Å². The van der Waals surface area contributed by atoms with Crippen molar-refractivity contribution in [1.82, 2.24) is 0 Å². The minimum absolute atomic E-state index is 0. The molecule has 0 saturated carbocycles. The van der Waals surface area contributed by atoms with Gasteiger partial charge < -0.3 is 0 Å². The standard InChI is InChI=1S/Al.Ga.In.Mg.11H. The Balaban J connectivity index is 0. The molecule has 0 atom stereocenters. The topological polar surface area (TPSA) is 0 Å². The minimum Gasteiger partial charge on any atom is 0.316 e. The second-order valence-corrected chi connectivity index (χ2v) is 0. The van der Waals surface area contributed by atoms with Crippen molar-refractivity contribution in [1.29, 1.82) is 0 Å². The fourth-order valence-corrected chi connectivity index (χ4v) is 0. The van der Waals surface area contributed by atoms with Gasteiger partial charge in [0, 0.05) is 0 Å². The Labute approximate surface area is 84.6 Å². The van der Waals surface area contributed by atoms with Gasteiger partial charge in [0.2, 0.25) is 0 Å². The van der Waals surface area contributed by atoms with Crippen molar-refractivity contribution in [3.63, 3.8) is 0 Å². The molecule has 0 aliphatic heterocycles. The molecular weight excluding hydrogens is 236 g/mol. The Morgan fingerprint density at radius 2 is 1.00 bits per heavy atom. The predicted molar refractivity (Wildman–Crippen MR) is 38.4 cm³/mol. The molecule has 0 nitrogen and oxygen atoms in total. The third kappa shape index (κ3) is 8.84. The summed E-state index contributed by atoms with van der Waals surface area (Å²) in [5, 5.41) is 0. The van der Waals surface area contributed by atoms with E-state index in [2.05, 4.69) is 0 Å². The molecule has 0 amide bonds. The number of hydrogen-bond acceptors (Lipinski definition) is 0. The minimum atomic E-state index is 0. The second-order valence-electron chi connectivity index (χ2n) is 0. The molecule has 0 saturated heterocycles. The smallest absolute Gasteiger partial charge is 0.316 e. The van der Waals surface area contributed by atoms with Gasteiger partial charge in [0.15, 0.2) is 17.4 Å². The van der Waals surface area contributed by atoms with Crippen LogP contribution in [0.2, 0.25) is 0 Å². The van der Waals surface area contributed by atoms with Crippen LogP contribution in [0.15, 0.2) is 0 Å². The molecule has 0 aromatic heterocycles. The van der Waals surface area contributed by atoms with Crippen LogP contribution >= 0.6 is 0 Å². The molecule has 0 unspecified atom stereocenters. The van der Waals surface area contributed by atoms with Gasteiger partial charge in [-0.2, -0.15) is 0 Å². The SMILES string of the molecule is [AlH3].[GaH3].[InH3].[MgH2]. The predicted octanol–water partition coefficient (Wildman–Crippen LogP) is -4.47. The summed E-state index contributed by atoms with van der Waals surface area (Å²) in [6.45, 7) is 0. The van der Waals surface area contributed by atoms with E-state index >= 15 is 0 Å². The first-order valence-corrected chi connectivity index (χ1v) is 0. The molecule has 4 heteroatoms. The largest absolute Gasteiger partial charge is 0.316 e. The van der Waals surface area contributed by atoms with E-state index in [0.29, 0.717) is 0 Å². The molecule has 4 heavy (non-hydrogen) atoms. The second kappa shape index (κ2) is 17.0. The zero-order chi connectivity index (χ0) is 0. The van der Waals surface area contributed by atoms with Crippen molar-refractivity contribution in [2.75, 3.05) is 0 Å². The maximum absolute atomic E-state index is 0. The molecule has 22 valence electrons. The molecule has 0 fully saturated rings. The Kier molecular flexibility index (Phi) is 124. The van der Waals surface area contributed by atoms with Crippen molar-refractivity contribution < 1.29 is 0 Å². The fourth-order valence-electron chi connectivity index (χ4n) is 0. The van der Waals surface area contributed by atoms with E-state index in [1.54, 1.807) is 0 Å². The van der Waals surface area contributed by atoms with E-state index in [-0.39, 0.29) is 86.0 Å².